The van der Waals surface area contributed by atoms with Gasteiger partial charge >= 0.3 is 6.09 Å². The minimum absolute atomic E-state index is 0.0970. The van der Waals surface area contributed by atoms with Gasteiger partial charge in [0.2, 0.25) is 10.0 Å². The number of hydrogen-bond acceptors (Lipinski definition) is 4. The summed E-state index contributed by atoms with van der Waals surface area (Å²) in [6.07, 6.45) is -0.637. The van der Waals surface area contributed by atoms with E-state index in [4.69, 9.17) is 16.3 Å². The molecular formula is C22H21ClN2O4S. The maximum atomic E-state index is 12.8. The Hall–Kier alpha value is -2.87. The highest BCUT2D eigenvalue weighted by Gasteiger charge is 2.21. The number of carbonyl (C=O) groups excluding carboxylic acids is 1. The van der Waals surface area contributed by atoms with Crippen LogP contribution in [0, 0.1) is 0 Å². The van der Waals surface area contributed by atoms with E-state index in [2.05, 4.69) is 5.32 Å². The average molecular weight is 445 g/mol. The number of halogens is 1. The first-order chi connectivity index (χ1) is 14.3. The number of rotatable bonds is 7. The van der Waals surface area contributed by atoms with E-state index in [1.807, 2.05) is 30.3 Å². The van der Waals surface area contributed by atoms with E-state index in [0.29, 0.717) is 10.7 Å². The normalized spacial score (nSPS) is 11.3. The second-order valence-corrected chi connectivity index (χ2v) is 9.08. The Balaban J connectivity index is 1.58. The molecule has 0 aliphatic carbocycles. The van der Waals surface area contributed by atoms with E-state index in [9.17, 15) is 13.2 Å². The Labute approximate surface area is 181 Å². The highest BCUT2D eigenvalue weighted by molar-refractivity contribution is 7.89. The molecule has 1 amide bonds. The summed E-state index contributed by atoms with van der Waals surface area (Å²) in [5, 5.41) is 3.18. The van der Waals surface area contributed by atoms with Crippen molar-refractivity contribution in [2.75, 3.05) is 12.4 Å². The predicted molar refractivity (Wildman–Crippen MR) is 117 cm³/mol. The Kier molecular flexibility index (Phi) is 7.10. The van der Waals surface area contributed by atoms with E-state index >= 15 is 0 Å². The summed E-state index contributed by atoms with van der Waals surface area (Å²) in [6.45, 7) is 0.361. The standard InChI is InChI=1S/C22H21ClN2O4S/c1-25(15-17-5-3-2-4-6-17)30(27,28)21-13-11-20(12-14-21)24-22(26)29-16-18-7-9-19(23)10-8-18/h2-14H,15-16H2,1H3,(H,24,26). The van der Waals surface area contributed by atoms with Crippen molar-refractivity contribution < 1.29 is 17.9 Å². The van der Waals surface area contributed by atoms with Crippen LogP contribution >= 0.6 is 11.6 Å². The third kappa shape index (κ3) is 5.82. The molecule has 30 heavy (non-hydrogen) atoms. The quantitative estimate of drug-likeness (QED) is 0.561. The number of anilines is 1. The molecule has 0 aliphatic heterocycles. The van der Waals surface area contributed by atoms with Crippen LogP contribution in [0.25, 0.3) is 0 Å². The molecule has 156 valence electrons. The van der Waals surface area contributed by atoms with Gasteiger partial charge in [-0.05, 0) is 47.5 Å². The van der Waals surface area contributed by atoms with Gasteiger partial charge in [-0.15, -0.1) is 0 Å². The maximum Gasteiger partial charge on any atom is 0.411 e. The Morgan fingerprint density at radius 1 is 0.933 bits per heavy atom. The molecule has 0 heterocycles. The van der Waals surface area contributed by atoms with Gasteiger partial charge in [-0.25, -0.2) is 13.2 Å². The molecule has 6 nitrogen and oxygen atoms in total. The van der Waals surface area contributed by atoms with E-state index in [-0.39, 0.29) is 18.0 Å². The van der Waals surface area contributed by atoms with Crippen LogP contribution in [-0.4, -0.2) is 25.9 Å². The number of hydrogen-bond donors (Lipinski definition) is 1. The predicted octanol–water partition coefficient (Wildman–Crippen LogP) is 4.91. The van der Waals surface area contributed by atoms with Crippen molar-refractivity contribution in [3.05, 3.63) is 95.0 Å². The lowest BCUT2D eigenvalue weighted by atomic mass is 10.2. The first kappa shape index (κ1) is 21.8. The third-order valence-corrected chi connectivity index (χ3v) is 6.41. The van der Waals surface area contributed by atoms with Crippen LogP contribution in [0.3, 0.4) is 0 Å². The summed E-state index contributed by atoms with van der Waals surface area (Å²) >= 11 is 5.82. The van der Waals surface area contributed by atoms with Crippen LogP contribution in [0.15, 0.2) is 83.8 Å². The monoisotopic (exact) mass is 444 g/mol. The van der Waals surface area contributed by atoms with E-state index in [1.165, 1.54) is 35.6 Å². The summed E-state index contributed by atoms with van der Waals surface area (Å²) in [4.78, 5) is 12.1. The molecule has 0 aliphatic rings. The summed E-state index contributed by atoms with van der Waals surface area (Å²) in [5.41, 5.74) is 2.13. The fourth-order valence-corrected chi connectivity index (χ4v) is 3.98. The lowest BCUT2D eigenvalue weighted by Crippen LogP contribution is -2.26. The molecule has 3 rings (SSSR count). The molecular weight excluding hydrogens is 424 g/mol. The van der Waals surface area contributed by atoms with E-state index in [1.54, 1.807) is 24.3 Å². The van der Waals surface area contributed by atoms with Gasteiger partial charge in [-0.2, -0.15) is 4.31 Å². The van der Waals surface area contributed by atoms with Crippen molar-refractivity contribution >= 4 is 33.4 Å². The van der Waals surface area contributed by atoms with Gasteiger partial charge in [-0.1, -0.05) is 54.1 Å². The second kappa shape index (κ2) is 9.75. The maximum absolute atomic E-state index is 12.8. The smallest absolute Gasteiger partial charge is 0.411 e. The number of sulfonamides is 1. The van der Waals surface area contributed by atoms with Gasteiger partial charge < -0.3 is 4.74 Å². The fourth-order valence-electron chi connectivity index (χ4n) is 2.70. The van der Waals surface area contributed by atoms with Crippen molar-refractivity contribution in [2.45, 2.75) is 18.0 Å². The molecule has 3 aromatic carbocycles. The summed E-state index contributed by atoms with van der Waals surface area (Å²) in [7, 11) is -2.12. The zero-order valence-electron chi connectivity index (χ0n) is 16.3. The lowest BCUT2D eigenvalue weighted by molar-refractivity contribution is 0.155. The van der Waals surface area contributed by atoms with Crippen LogP contribution in [0.4, 0.5) is 10.5 Å². The zero-order chi connectivity index (χ0) is 21.6. The van der Waals surface area contributed by atoms with Gasteiger partial charge in [0.25, 0.3) is 0 Å². The molecule has 3 aromatic rings. The SMILES string of the molecule is CN(Cc1ccccc1)S(=O)(=O)c1ccc(NC(=O)OCc2ccc(Cl)cc2)cc1. The zero-order valence-corrected chi connectivity index (χ0v) is 17.9. The molecule has 0 radical (unpaired) electrons. The molecule has 0 aromatic heterocycles. The minimum atomic E-state index is -3.65. The highest BCUT2D eigenvalue weighted by Crippen LogP contribution is 2.19. The van der Waals surface area contributed by atoms with Crippen molar-refractivity contribution in [1.82, 2.24) is 4.31 Å². The molecule has 0 saturated heterocycles. The second-order valence-electron chi connectivity index (χ2n) is 6.60. The van der Waals surface area contributed by atoms with Crippen molar-refractivity contribution in [2.24, 2.45) is 0 Å². The molecule has 1 N–H and O–H groups in total. The summed E-state index contributed by atoms with van der Waals surface area (Å²) < 4.78 is 32.0. The Morgan fingerprint density at radius 3 is 2.20 bits per heavy atom. The molecule has 0 atom stereocenters. The van der Waals surface area contributed by atoms with Gasteiger partial charge in [0.1, 0.15) is 6.61 Å². The first-order valence-corrected chi connectivity index (χ1v) is 10.9. The first-order valence-electron chi connectivity index (χ1n) is 9.13. The van der Waals surface area contributed by atoms with Gasteiger partial charge in [0, 0.05) is 24.3 Å². The lowest BCUT2D eigenvalue weighted by Gasteiger charge is -2.17. The molecule has 0 saturated carbocycles. The van der Waals surface area contributed by atoms with E-state index < -0.39 is 16.1 Å². The van der Waals surface area contributed by atoms with Crippen molar-refractivity contribution in [3.63, 3.8) is 0 Å². The third-order valence-electron chi connectivity index (χ3n) is 4.34. The Bertz CT molecular complexity index is 1090. The number of nitrogens with zero attached hydrogens (tertiary/aromatic N) is 1. The van der Waals surface area contributed by atoms with Gasteiger partial charge in [0.15, 0.2) is 0 Å². The number of carbonyl (C=O) groups is 1. The van der Waals surface area contributed by atoms with Crippen LogP contribution in [0.5, 0.6) is 0 Å². The summed E-state index contributed by atoms with van der Waals surface area (Å²) in [6, 6.07) is 22.2. The van der Waals surface area contributed by atoms with Crippen LogP contribution < -0.4 is 5.32 Å². The van der Waals surface area contributed by atoms with Crippen molar-refractivity contribution in [1.29, 1.82) is 0 Å². The minimum Gasteiger partial charge on any atom is -0.444 e. The number of amides is 1. The molecule has 8 heteroatoms. The number of nitrogens with one attached hydrogen (secondary N) is 1. The largest absolute Gasteiger partial charge is 0.444 e. The van der Waals surface area contributed by atoms with Crippen LogP contribution in [-0.2, 0) is 27.9 Å². The molecule has 0 bridgehead atoms. The van der Waals surface area contributed by atoms with Crippen molar-refractivity contribution in [3.8, 4) is 0 Å². The number of ether oxygens (including phenoxy) is 1. The fraction of sp³-hybridized carbons (Fsp3) is 0.136. The van der Waals surface area contributed by atoms with Gasteiger partial charge in [0.05, 0.1) is 4.90 Å². The topological polar surface area (TPSA) is 75.7 Å². The van der Waals surface area contributed by atoms with Crippen LogP contribution in [0.1, 0.15) is 11.1 Å². The average Bonchev–Trinajstić information content (AvgIpc) is 2.74. The molecule has 0 spiro atoms. The highest BCUT2D eigenvalue weighted by atomic mass is 35.5. The molecule has 0 fully saturated rings. The Morgan fingerprint density at radius 2 is 1.57 bits per heavy atom. The molecule has 0 unspecified atom stereocenters. The van der Waals surface area contributed by atoms with Gasteiger partial charge in [-0.3, -0.25) is 5.32 Å². The summed E-state index contributed by atoms with van der Waals surface area (Å²) in [5.74, 6) is 0. The van der Waals surface area contributed by atoms with E-state index in [0.717, 1.165) is 11.1 Å². The van der Waals surface area contributed by atoms with Crippen LogP contribution in [0.2, 0.25) is 5.02 Å². The number of benzene rings is 3.